The molecule has 0 radical (unpaired) electrons. The highest BCUT2D eigenvalue weighted by Gasteiger charge is 2.44. The Balaban J connectivity index is 1.88. The largest absolute Gasteiger partial charge is 0.368 e. The van der Waals surface area contributed by atoms with Crippen LogP contribution in [0.15, 0.2) is 23.1 Å². The average molecular weight is 435 g/mol. The summed E-state index contributed by atoms with van der Waals surface area (Å²) in [7, 11) is 0. The normalized spacial score (nSPS) is 17.9. The number of hydrogen-bond acceptors (Lipinski definition) is 5. The van der Waals surface area contributed by atoms with Crippen molar-refractivity contribution in [2.24, 2.45) is 5.92 Å². The lowest BCUT2D eigenvalue weighted by molar-refractivity contribution is -0.117. The van der Waals surface area contributed by atoms with Gasteiger partial charge in [0.1, 0.15) is 17.5 Å². The molecular formula is C20H17F4N5O2. The van der Waals surface area contributed by atoms with Crippen LogP contribution < -0.4 is 16.6 Å². The first kappa shape index (κ1) is 20.8. The highest BCUT2D eigenvalue weighted by atomic mass is 19.2. The molecule has 162 valence electrons. The summed E-state index contributed by atoms with van der Waals surface area (Å²) in [6.45, 7) is 3.35. The number of pyridine rings is 1. The molecule has 7 nitrogen and oxygen atoms in total. The summed E-state index contributed by atoms with van der Waals surface area (Å²) in [6.07, 6.45) is -0.144. The molecule has 0 saturated heterocycles. The molecule has 1 aromatic carbocycles. The van der Waals surface area contributed by atoms with Gasteiger partial charge in [0.05, 0.1) is 11.5 Å². The van der Waals surface area contributed by atoms with Gasteiger partial charge in [0.2, 0.25) is 11.9 Å². The first-order valence-corrected chi connectivity index (χ1v) is 9.40. The number of carbonyl (C=O) groups excluding carboxylic acids is 1. The molecule has 0 spiro atoms. The Bertz CT molecular complexity index is 1290. The maximum atomic E-state index is 14.9. The molecule has 1 saturated carbocycles. The van der Waals surface area contributed by atoms with Crippen molar-refractivity contribution in [1.82, 2.24) is 14.5 Å². The van der Waals surface area contributed by atoms with E-state index in [1.54, 1.807) is 13.8 Å². The molecule has 1 fully saturated rings. The van der Waals surface area contributed by atoms with Crippen molar-refractivity contribution in [3.63, 3.8) is 0 Å². The molecule has 0 unspecified atom stereocenters. The second-order valence-electron chi connectivity index (χ2n) is 7.59. The lowest BCUT2D eigenvalue weighted by atomic mass is 10.0. The maximum Gasteiger partial charge on any atom is 0.260 e. The number of amides is 1. The SMILES string of the molecule is CC(C)n1c(=O)c(-c2cc(F)c(NC(=O)[C@H]3C[C@@H]3F)c(F)c2F)cc2cnc(N)nc21. The fraction of sp³-hybridized carbons (Fsp3) is 0.300. The van der Waals surface area contributed by atoms with Crippen LogP contribution in [0.3, 0.4) is 0 Å². The van der Waals surface area contributed by atoms with E-state index < -0.39 is 58.3 Å². The second kappa shape index (κ2) is 7.33. The van der Waals surface area contributed by atoms with Crippen molar-refractivity contribution in [2.45, 2.75) is 32.5 Å². The van der Waals surface area contributed by atoms with Crippen molar-refractivity contribution in [2.75, 3.05) is 11.1 Å². The quantitative estimate of drug-likeness (QED) is 0.483. The topological polar surface area (TPSA) is 103 Å². The van der Waals surface area contributed by atoms with Gasteiger partial charge in [-0.25, -0.2) is 22.5 Å². The smallest absolute Gasteiger partial charge is 0.260 e. The molecule has 3 N–H and O–H groups in total. The van der Waals surface area contributed by atoms with Gasteiger partial charge in [-0.2, -0.15) is 4.98 Å². The standard InChI is InChI=1S/C20H17F4N5O2/c1-7(2)29-17-8(6-26-20(25)28-17)3-10(19(29)31)9-4-13(22)16(15(24)14(9)23)27-18(30)11-5-12(11)21/h3-4,6-7,11-12H,5H2,1-2H3,(H,27,30)(H2,25,26,28)/t11-,12-/m0/s1. The van der Waals surface area contributed by atoms with E-state index in [0.29, 0.717) is 11.5 Å². The molecule has 4 rings (SSSR count). The van der Waals surface area contributed by atoms with E-state index in [2.05, 4.69) is 9.97 Å². The number of carbonyl (C=O) groups is 1. The van der Waals surface area contributed by atoms with E-state index in [-0.39, 0.29) is 23.6 Å². The van der Waals surface area contributed by atoms with Gasteiger partial charge >= 0.3 is 0 Å². The summed E-state index contributed by atoms with van der Waals surface area (Å²) in [5, 5.41) is 2.19. The molecule has 0 aliphatic heterocycles. The summed E-state index contributed by atoms with van der Waals surface area (Å²) < 4.78 is 58.4. The van der Waals surface area contributed by atoms with Gasteiger partial charge in [-0.1, -0.05) is 0 Å². The molecule has 2 atom stereocenters. The average Bonchev–Trinajstić information content (AvgIpc) is 3.44. The Labute approximate surface area is 172 Å². The minimum absolute atomic E-state index is 0.0615. The third-order valence-corrected chi connectivity index (χ3v) is 5.05. The molecule has 3 aromatic rings. The zero-order chi connectivity index (χ0) is 22.6. The first-order chi connectivity index (χ1) is 14.6. The van der Waals surface area contributed by atoms with E-state index in [4.69, 9.17) is 5.73 Å². The summed E-state index contributed by atoms with van der Waals surface area (Å²) in [6, 6.07) is 1.38. The fourth-order valence-electron chi connectivity index (χ4n) is 3.36. The van der Waals surface area contributed by atoms with Crippen molar-refractivity contribution >= 4 is 28.6 Å². The second-order valence-corrected chi connectivity index (χ2v) is 7.59. The van der Waals surface area contributed by atoms with Crippen LogP contribution >= 0.6 is 0 Å². The highest BCUT2D eigenvalue weighted by molar-refractivity contribution is 5.95. The van der Waals surface area contributed by atoms with Crippen LogP contribution in [0.2, 0.25) is 0 Å². The number of aromatic nitrogens is 3. The van der Waals surface area contributed by atoms with Gasteiger partial charge in [0.25, 0.3) is 5.56 Å². The molecular weight excluding hydrogens is 418 g/mol. The van der Waals surface area contributed by atoms with Gasteiger partial charge in [0.15, 0.2) is 17.5 Å². The minimum atomic E-state index is -1.69. The molecule has 0 bridgehead atoms. The predicted molar refractivity (Wildman–Crippen MR) is 106 cm³/mol. The maximum absolute atomic E-state index is 14.9. The Morgan fingerprint density at radius 1 is 1.23 bits per heavy atom. The Morgan fingerprint density at radius 3 is 2.52 bits per heavy atom. The van der Waals surface area contributed by atoms with Crippen molar-refractivity contribution in [3.05, 3.63) is 46.1 Å². The zero-order valence-electron chi connectivity index (χ0n) is 16.4. The summed E-state index contributed by atoms with van der Waals surface area (Å²) in [5.74, 6) is -6.57. The fourth-order valence-corrected chi connectivity index (χ4v) is 3.36. The highest BCUT2D eigenvalue weighted by Crippen LogP contribution is 2.36. The number of halogens is 4. The number of benzene rings is 1. The monoisotopic (exact) mass is 435 g/mol. The van der Waals surface area contributed by atoms with Crippen LogP contribution in [-0.2, 0) is 4.79 Å². The number of nitrogens with one attached hydrogen (secondary N) is 1. The molecule has 11 heteroatoms. The molecule has 2 heterocycles. The number of hydrogen-bond donors (Lipinski definition) is 2. The third kappa shape index (κ3) is 3.49. The molecule has 31 heavy (non-hydrogen) atoms. The number of nitrogen functional groups attached to an aromatic ring is 1. The van der Waals surface area contributed by atoms with Gasteiger partial charge < -0.3 is 11.1 Å². The zero-order valence-corrected chi connectivity index (χ0v) is 16.4. The summed E-state index contributed by atoms with van der Waals surface area (Å²) >= 11 is 0. The third-order valence-electron chi connectivity index (χ3n) is 5.05. The molecule has 1 aliphatic carbocycles. The summed E-state index contributed by atoms with van der Waals surface area (Å²) in [4.78, 5) is 32.7. The van der Waals surface area contributed by atoms with Crippen LogP contribution in [0.5, 0.6) is 0 Å². The van der Waals surface area contributed by atoms with Gasteiger partial charge in [-0.3, -0.25) is 14.2 Å². The Kier molecular flexibility index (Phi) is 4.91. The Morgan fingerprint density at radius 2 is 1.90 bits per heavy atom. The van der Waals surface area contributed by atoms with Crippen molar-refractivity contribution in [3.8, 4) is 11.1 Å². The van der Waals surface area contributed by atoms with Crippen LogP contribution in [-0.4, -0.2) is 26.6 Å². The van der Waals surface area contributed by atoms with Crippen LogP contribution in [0.1, 0.15) is 26.3 Å². The number of alkyl halides is 1. The molecule has 1 aliphatic rings. The molecule has 1 amide bonds. The van der Waals surface area contributed by atoms with Crippen LogP contribution in [0.4, 0.5) is 29.2 Å². The number of nitrogens with zero attached hydrogens (tertiary/aromatic N) is 3. The van der Waals surface area contributed by atoms with E-state index in [0.717, 1.165) is 0 Å². The van der Waals surface area contributed by atoms with Crippen molar-refractivity contribution < 1.29 is 22.4 Å². The van der Waals surface area contributed by atoms with Crippen LogP contribution in [0.25, 0.3) is 22.2 Å². The van der Waals surface area contributed by atoms with E-state index in [1.165, 1.54) is 16.8 Å². The lowest BCUT2D eigenvalue weighted by Crippen LogP contribution is -2.25. The minimum Gasteiger partial charge on any atom is -0.368 e. The number of rotatable bonds is 4. The van der Waals surface area contributed by atoms with Gasteiger partial charge in [-0.05, 0) is 32.4 Å². The summed E-state index contributed by atoms with van der Waals surface area (Å²) in [5.41, 5.74) is 3.04. The van der Waals surface area contributed by atoms with Crippen molar-refractivity contribution in [1.29, 1.82) is 0 Å². The van der Waals surface area contributed by atoms with E-state index >= 15 is 0 Å². The lowest BCUT2D eigenvalue weighted by Gasteiger charge is -2.16. The van der Waals surface area contributed by atoms with E-state index in [1.807, 2.05) is 5.32 Å². The van der Waals surface area contributed by atoms with E-state index in [9.17, 15) is 27.2 Å². The molecule has 2 aromatic heterocycles. The van der Waals surface area contributed by atoms with Gasteiger partial charge in [0, 0.05) is 23.2 Å². The number of anilines is 2. The van der Waals surface area contributed by atoms with Gasteiger partial charge in [-0.15, -0.1) is 0 Å². The predicted octanol–water partition coefficient (Wildman–Crippen LogP) is 3.34. The van der Waals surface area contributed by atoms with Crippen LogP contribution in [0, 0.1) is 23.4 Å². The number of nitrogens with two attached hydrogens (primary N) is 1. The Hall–Kier alpha value is -3.50. The number of fused-ring (bicyclic) bond motifs is 1. The first-order valence-electron chi connectivity index (χ1n) is 9.40.